The number of ether oxygens (including phenoxy) is 2. The van der Waals surface area contributed by atoms with Gasteiger partial charge in [-0.05, 0) is 37.5 Å². The molecule has 0 bridgehead atoms. The van der Waals surface area contributed by atoms with Crippen molar-refractivity contribution in [1.82, 2.24) is 19.7 Å². The number of methoxy groups -OCH3 is 2. The molecule has 0 spiro atoms. The molecule has 1 aromatic carbocycles. The molecule has 7 heteroatoms. The maximum absolute atomic E-state index is 12.9. The molecule has 3 rings (SSSR count). The molecule has 3 aromatic rings. The number of aryl methyl sites for hydroxylation is 1. The second kappa shape index (κ2) is 11.2. The first kappa shape index (κ1) is 23.8. The average Bonchev–Trinajstić information content (AvgIpc) is 3.12. The summed E-state index contributed by atoms with van der Waals surface area (Å²) in [6.07, 6.45) is 8.52. The topological polar surface area (TPSA) is 82.0 Å². The molecule has 1 atom stereocenters. The molecule has 32 heavy (non-hydrogen) atoms. The maximum Gasteiger partial charge on any atom is 0.262 e. The molecule has 0 saturated carbocycles. The van der Waals surface area contributed by atoms with Crippen molar-refractivity contribution in [2.45, 2.75) is 78.2 Å². The highest BCUT2D eigenvalue weighted by atomic mass is 16.5. The van der Waals surface area contributed by atoms with E-state index in [4.69, 9.17) is 19.6 Å². The molecular formula is C25H36N4O3. The van der Waals surface area contributed by atoms with E-state index in [1.54, 1.807) is 14.2 Å². The Morgan fingerprint density at radius 1 is 1.03 bits per heavy atom. The average molecular weight is 441 g/mol. The van der Waals surface area contributed by atoms with Gasteiger partial charge in [-0.25, -0.2) is 9.67 Å². The third-order valence-electron chi connectivity index (χ3n) is 5.96. The van der Waals surface area contributed by atoms with Gasteiger partial charge in [0, 0.05) is 6.42 Å². The van der Waals surface area contributed by atoms with Crippen molar-refractivity contribution in [2.24, 2.45) is 0 Å². The van der Waals surface area contributed by atoms with Gasteiger partial charge in [-0.15, -0.1) is 0 Å². The van der Waals surface area contributed by atoms with E-state index in [-0.39, 0.29) is 11.6 Å². The molecule has 2 heterocycles. The molecule has 0 aliphatic carbocycles. The van der Waals surface area contributed by atoms with Crippen molar-refractivity contribution in [3.63, 3.8) is 0 Å². The number of aromatic nitrogens is 4. The number of rotatable bonds is 12. The van der Waals surface area contributed by atoms with Crippen LogP contribution in [0.1, 0.15) is 81.9 Å². The number of H-pyrrole nitrogens is 1. The Bertz CT molecular complexity index is 1090. The lowest BCUT2D eigenvalue weighted by atomic mass is 10.0. The van der Waals surface area contributed by atoms with Crippen molar-refractivity contribution >= 4 is 11.0 Å². The standard InChI is InChI=1S/C25H36N4O3/c1-6-8-9-10-12-19(11-7-2)29-24-23(17(3)28-29)25(30)27-22(26-24)16-18-13-14-20(31-4)21(15-18)32-5/h13-15,19H,6-12,16H2,1-5H3,(H,26,27,30). The smallest absolute Gasteiger partial charge is 0.262 e. The van der Waals surface area contributed by atoms with Gasteiger partial charge in [0.25, 0.3) is 5.56 Å². The van der Waals surface area contributed by atoms with Gasteiger partial charge in [0.15, 0.2) is 17.1 Å². The van der Waals surface area contributed by atoms with Crippen molar-refractivity contribution in [3.8, 4) is 11.5 Å². The van der Waals surface area contributed by atoms with Crippen LogP contribution in [0.2, 0.25) is 0 Å². The highest BCUT2D eigenvalue weighted by Gasteiger charge is 2.20. The fourth-order valence-corrected chi connectivity index (χ4v) is 4.31. The van der Waals surface area contributed by atoms with Gasteiger partial charge in [-0.1, -0.05) is 52.0 Å². The van der Waals surface area contributed by atoms with Crippen LogP contribution in [0.3, 0.4) is 0 Å². The zero-order valence-corrected chi connectivity index (χ0v) is 20.0. The summed E-state index contributed by atoms with van der Waals surface area (Å²) in [5.74, 6) is 1.95. The van der Waals surface area contributed by atoms with E-state index in [1.807, 2.05) is 29.8 Å². The van der Waals surface area contributed by atoms with Crippen LogP contribution in [0.4, 0.5) is 0 Å². The van der Waals surface area contributed by atoms with E-state index in [2.05, 4.69) is 18.8 Å². The largest absolute Gasteiger partial charge is 0.493 e. The van der Waals surface area contributed by atoms with Crippen LogP contribution < -0.4 is 15.0 Å². The van der Waals surface area contributed by atoms with Crippen LogP contribution in [0, 0.1) is 6.92 Å². The van der Waals surface area contributed by atoms with E-state index < -0.39 is 0 Å². The summed E-state index contributed by atoms with van der Waals surface area (Å²) >= 11 is 0. The molecule has 1 unspecified atom stereocenters. The second-order valence-electron chi connectivity index (χ2n) is 8.40. The first-order valence-electron chi connectivity index (χ1n) is 11.7. The Kier molecular flexibility index (Phi) is 8.31. The highest BCUT2D eigenvalue weighted by Crippen LogP contribution is 2.29. The van der Waals surface area contributed by atoms with Gasteiger partial charge in [0.1, 0.15) is 11.2 Å². The number of nitrogens with one attached hydrogen (secondary N) is 1. The minimum atomic E-state index is -0.129. The monoisotopic (exact) mass is 440 g/mol. The van der Waals surface area contributed by atoms with Gasteiger partial charge in [0.05, 0.1) is 26.0 Å². The number of unbranched alkanes of at least 4 members (excludes halogenated alkanes) is 3. The zero-order chi connectivity index (χ0) is 23.1. The number of hydrogen-bond donors (Lipinski definition) is 1. The summed E-state index contributed by atoms with van der Waals surface area (Å²) < 4.78 is 12.7. The third-order valence-corrected chi connectivity index (χ3v) is 5.96. The molecule has 1 N–H and O–H groups in total. The number of hydrogen-bond acceptors (Lipinski definition) is 5. The summed E-state index contributed by atoms with van der Waals surface area (Å²) in [7, 11) is 3.23. The lowest BCUT2D eigenvalue weighted by Crippen LogP contribution is -2.16. The Balaban J connectivity index is 1.96. The van der Waals surface area contributed by atoms with Crippen LogP contribution in [0.25, 0.3) is 11.0 Å². The number of nitrogens with zero attached hydrogens (tertiary/aromatic N) is 3. The molecule has 174 valence electrons. The van der Waals surface area contributed by atoms with Gasteiger partial charge >= 0.3 is 0 Å². The van der Waals surface area contributed by atoms with Crippen molar-refractivity contribution < 1.29 is 9.47 Å². The predicted octanol–water partition coefficient (Wildman–Crippen LogP) is 5.35. The Labute approximate surface area is 190 Å². The Morgan fingerprint density at radius 2 is 1.81 bits per heavy atom. The fourth-order valence-electron chi connectivity index (χ4n) is 4.31. The lowest BCUT2D eigenvalue weighted by molar-refractivity contribution is 0.354. The summed E-state index contributed by atoms with van der Waals surface area (Å²) in [6.45, 7) is 6.31. The highest BCUT2D eigenvalue weighted by molar-refractivity contribution is 5.77. The minimum Gasteiger partial charge on any atom is -0.493 e. The number of benzene rings is 1. The van der Waals surface area contributed by atoms with Crippen molar-refractivity contribution in [3.05, 3.63) is 45.6 Å². The maximum atomic E-state index is 12.9. The van der Waals surface area contributed by atoms with Crippen LogP contribution in [0.15, 0.2) is 23.0 Å². The van der Waals surface area contributed by atoms with E-state index >= 15 is 0 Å². The van der Waals surface area contributed by atoms with Crippen molar-refractivity contribution in [2.75, 3.05) is 14.2 Å². The molecular weight excluding hydrogens is 404 g/mol. The molecule has 0 fully saturated rings. The van der Waals surface area contributed by atoms with Gasteiger partial charge in [-0.3, -0.25) is 4.79 Å². The van der Waals surface area contributed by atoms with Crippen molar-refractivity contribution in [1.29, 1.82) is 0 Å². The molecule has 7 nitrogen and oxygen atoms in total. The normalized spacial score (nSPS) is 12.3. The quantitative estimate of drug-likeness (QED) is 0.384. The van der Waals surface area contributed by atoms with Crippen LogP contribution in [-0.4, -0.2) is 34.0 Å². The molecule has 0 radical (unpaired) electrons. The minimum absolute atomic E-state index is 0.129. The summed E-state index contributed by atoms with van der Waals surface area (Å²) in [6, 6.07) is 6.00. The Morgan fingerprint density at radius 3 is 2.50 bits per heavy atom. The van der Waals surface area contributed by atoms with E-state index in [1.165, 1.54) is 25.7 Å². The molecule has 0 aliphatic heterocycles. The first-order valence-corrected chi connectivity index (χ1v) is 11.7. The molecule has 0 aliphatic rings. The number of aromatic amines is 1. The van der Waals surface area contributed by atoms with Crippen LogP contribution >= 0.6 is 0 Å². The van der Waals surface area contributed by atoms with Crippen LogP contribution in [-0.2, 0) is 6.42 Å². The fraction of sp³-hybridized carbons (Fsp3) is 0.560. The van der Waals surface area contributed by atoms with E-state index in [0.29, 0.717) is 34.8 Å². The summed E-state index contributed by atoms with van der Waals surface area (Å²) in [5, 5.41) is 5.36. The lowest BCUT2D eigenvalue weighted by Gasteiger charge is -2.17. The predicted molar refractivity (Wildman–Crippen MR) is 128 cm³/mol. The summed E-state index contributed by atoms with van der Waals surface area (Å²) in [4.78, 5) is 20.8. The second-order valence-corrected chi connectivity index (χ2v) is 8.40. The SMILES string of the molecule is CCCCCCC(CCC)n1nc(C)c2c(=O)[nH]c(Cc3ccc(OC)c(OC)c3)nc21. The summed E-state index contributed by atoms with van der Waals surface area (Å²) in [5.41, 5.74) is 2.28. The van der Waals surface area contributed by atoms with Gasteiger partial charge in [-0.2, -0.15) is 5.10 Å². The zero-order valence-electron chi connectivity index (χ0n) is 20.0. The number of fused-ring (bicyclic) bond motifs is 1. The van der Waals surface area contributed by atoms with E-state index in [0.717, 1.165) is 30.5 Å². The molecule has 0 amide bonds. The Hall–Kier alpha value is -2.83. The molecule has 2 aromatic heterocycles. The molecule has 0 saturated heterocycles. The van der Waals surface area contributed by atoms with E-state index in [9.17, 15) is 4.79 Å². The van der Waals surface area contributed by atoms with Crippen LogP contribution in [0.5, 0.6) is 11.5 Å². The first-order chi connectivity index (χ1) is 15.5. The van der Waals surface area contributed by atoms with Gasteiger partial charge < -0.3 is 14.5 Å². The third kappa shape index (κ3) is 5.31. The van der Waals surface area contributed by atoms with Gasteiger partial charge in [0.2, 0.25) is 0 Å².